The monoisotopic (exact) mass is 459 g/mol. The number of hydrogen-bond acceptors (Lipinski definition) is 11. The predicted molar refractivity (Wildman–Crippen MR) is 92.0 cm³/mol. The van der Waals surface area contributed by atoms with Crippen molar-refractivity contribution in [2.75, 3.05) is 12.3 Å². The van der Waals surface area contributed by atoms with Crippen LogP contribution < -0.4 is 5.73 Å². The van der Waals surface area contributed by atoms with Gasteiger partial charge in [-0.05, 0) is 0 Å². The highest BCUT2D eigenvalue weighted by Crippen LogP contribution is 2.57. The van der Waals surface area contributed by atoms with Gasteiger partial charge in [0.15, 0.2) is 16.8 Å². The number of phosphoric ester groups is 1. The Morgan fingerprint density at radius 3 is 2.64 bits per heavy atom. The quantitative estimate of drug-likeness (QED) is 0.201. The number of aromatic amines is 1. The zero-order chi connectivity index (χ0) is 20.9. The molecule has 0 radical (unpaired) electrons. The van der Waals surface area contributed by atoms with E-state index >= 15 is 0 Å². The standard InChI is InChI=1S/C10H15N5O10P2S/c11-10-13-7-4(8(28)14-10)12-2-15(7)9-6(17)5(16)3(24-9)1-23-27(21,22)25-26(18,19)20/h2-3,5-6,9,16-17H,1H2,(H,21,22)(H2,18,19,20)(H3,11,13,14,28)/t3-,5-,6-,9?/m1/s1. The molecule has 0 saturated carbocycles. The Labute approximate surface area is 160 Å². The molecule has 2 aromatic heterocycles. The van der Waals surface area contributed by atoms with Crippen molar-refractivity contribution in [2.45, 2.75) is 24.5 Å². The number of nitrogen functional groups attached to an aromatic ring is 1. The minimum absolute atomic E-state index is 0.0250. The van der Waals surface area contributed by atoms with E-state index in [-0.39, 0.29) is 21.8 Å². The van der Waals surface area contributed by atoms with Gasteiger partial charge in [0.2, 0.25) is 0 Å². The third-order valence-corrected chi connectivity index (χ3v) is 6.12. The fourth-order valence-electron chi connectivity index (χ4n) is 2.57. The molecule has 3 rings (SSSR count). The molecule has 8 N–H and O–H groups in total. The summed E-state index contributed by atoms with van der Waals surface area (Å²) < 4.78 is 37.0. The lowest BCUT2D eigenvalue weighted by atomic mass is 10.1. The number of imidazole rings is 1. The average Bonchev–Trinajstić information content (AvgIpc) is 3.06. The highest BCUT2D eigenvalue weighted by molar-refractivity contribution is 7.71. The van der Waals surface area contributed by atoms with Gasteiger partial charge >= 0.3 is 15.6 Å². The van der Waals surface area contributed by atoms with Gasteiger partial charge in [-0.15, -0.1) is 0 Å². The van der Waals surface area contributed by atoms with Crippen molar-refractivity contribution < 1.29 is 47.6 Å². The van der Waals surface area contributed by atoms with Crippen LogP contribution in [0.4, 0.5) is 5.95 Å². The molecule has 28 heavy (non-hydrogen) atoms. The number of ether oxygens (including phenoxy) is 1. The number of fused-ring (bicyclic) bond motifs is 1. The number of aromatic nitrogens is 4. The van der Waals surface area contributed by atoms with Crippen LogP contribution in [0.25, 0.3) is 11.2 Å². The van der Waals surface area contributed by atoms with E-state index in [4.69, 9.17) is 32.5 Å². The first kappa shape index (κ1) is 21.4. The zero-order valence-electron chi connectivity index (χ0n) is 13.6. The lowest BCUT2D eigenvalue weighted by molar-refractivity contribution is -0.0503. The molecule has 1 saturated heterocycles. The van der Waals surface area contributed by atoms with Gasteiger partial charge in [0.05, 0.1) is 12.9 Å². The maximum atomic E-state index is 11.5. The summed E-state index contributed by atoms with van der Waals surface area (Å²) in [5.41, 5.74) is 6.10. The second-order valence-corrected chi connectivity index (χ2v) is 8.88. The topological polar surface area (TPSA) is 235 Å². The number of nitrogens with one attached hydrogen (secondary N) is 1. The number of aliphatic hydroxyl groups is 2. The fourth-order valence-corrected chi connectivity index (χ4v) is 4.42. The molecule has 156 valence electrons. The summed E-state index contributed by atoms with van der Waals surface area (Å²) in [6.45, 7) is -0.825. The van der Waals surface area contributed by atoms with E-state index in [0.717, 1.165) is 0 Å². The molecular formula is C10H15N5O10P2S. The van der Waals surface area contributed by atoms with Crippen LogP contribution in [0.15, 0.2) is 6.33 Å². The van der Waals surface area contributed by atoms with Crippen molar-refractivity contribution in [3.05, 3.63) is 11.0 Å². The number of nitrogens with two attached hydrogens (primary N) is 1. The molecule has 2 unspecified atom stereocenters. The van der Waals surface area contributed by atoms with Crippen molar-refractivity contribution >= 4 is 45.0 Å². The zero-order valence-corrected chi connectivity index (χ0v) is 16.2. The normalized spacial score (nSPS) is 27.9. The number of rotatable bonds is 6. The molecule has 1 aliphatic heterocycles. The SMILES string of the molecule is Nc1nc(=S)c2ncn(C3O[C@H](COP(=O)(O)OP(=O)(O)O)[C@@H](O)[C@H]3O)c2[nH]1. The first-order valence-corrected chi connectivity index (χ1v) is 10.8. The Bertz CT molecular complexity index is 1040. The summed E-state index contributed by atoms with van der Waals surface area (Å²) >= 11 is 5.03. The fraction of sp³-hybridized carbons (Fsp3) is 0.500. The number of H-pyrrole nitrogens is 1. The summed E-state index contributed by atoms with van der Waals surface area (Å²) in [7, 11) is -10.4. The van der Waals surface area contributed by atoms with E-state index in [1.807, 2.05) is 0 Å². The molecule has 15 nitrogen and oxygen atoms in total. The molecule has 0 amide bonds. The van der Waals surface area contributed by atoms with Crippen LogP contribution in [0.3, 0.4) is 0 Å². The van der Waals surface area contributed by atoms with Crippen LogP contribution in [0, 0.1) is 4.64 Å². The van der Waals surface area contributed by atoms with Crippen molar-refractivity contribution in [3.63, 3.8) is 0 Å². The predicted octanol–water partition coefficient (Wildman–Crippen LogP) is -1.08. The summed E-state index contributed by atoms with van der Waals surface area (Å²) in [4.78, 5) is 37.0. The molecule has 0 bridgehead atoms. The number of nitrogens with zero attached hydrogens (tertiary/aromatic N) is 3. The largest absolute Gasteiger partial charge is 0.481 e. The number of phosphoric acid groups is 2. The van der Waals surface area contributed by atoms with E-state index < -0.39 is 46.8 Å². The maximum Gasteiger partial charge on any atom is 0.481 e. The molecule has 2 aromatic rings. The van der Waals surface area contributed by atoms with Gasteiger partial charge in [-0.25, -0.2) is 19.1 Å². The number of hydrogen-bond donors (Lipinski definition) is 7. The molecule has 1 fully saturated rings. The maximum absolute atomic E-state index is 11.5. The van der Waals surface area contributed by atoms with Gasteiger partial charge in [0.25, 0.3) is 0 Å². The molecule has 0 spiro atoms. The lowest BCUT2D eigenvalue weighted by Gasteiger charge is -2.17. The smallest absolute Gasteiger partial charge is 0.387 e. The molecular weight excluding hydrogens is 444 g/mol. The van der Waals surface area contributed by atoms with E-state index in [2.05, 4.69) is 23.8 Å². The van der Waals surface area contributed by atoms with Gasteiger partial charge in [-0.1, -0.05) is 12.2 Å². The van der Waals surface area contributed by atoms with Crippen LogP contribution in [0.2, 0.25) is 0 Å². The van der Waals surface area contributed by atoms with Crippen LogP contribution >= 0.6 is 27.9 Å². The highest BCUT2D eigenvalue weighted by atomic mass is 32.1. The van der Waals surface area contributed by atoms with E-state index in [9.17, 15) is 24.2 Å². The summed E-state index contributed by atoms with van der Waals surface area (Å²) in [5.74, 6) is -0.0250. The first-order chi connectivity index (χ1) is 12.9. The Hall–Kier alpha value is -1.29. The third kappa shape index (κ3) is 4.48. The van der Waals surface area contributed by atoms with Crippen LogP contribution in [-0.4, -0.2) is 69.3 Å². The summed E-state index contributed by atoms with van der Waals surface area (Å²) in [5, 5.41) is 20.4. The van der Waals surface area contributed by atoms with Crippen molar-refractivity contribution in [1.82, 2.24) is 19.5 Å². The highest BCUT2D eigenvalue weighted by Gasteiger charge is 2.45. The molecule has 3 heterocycles. The van der Waals surface area contributed by atoms with E-state index in [1.54, 1.807) is 0 Å². The van der Waals surface area contributed by atoms with Gasteiger partial charge in [-0.2, -0.15) is 4.31 Å². The van der Waals surface area contributed by atoms with Gasteiger partial charge < -0.3 is 40.3 Å². The second-order valence-electron chi connectivity index (χ2n) is 5.66. The van der Waals surface area contributed by atoms with Gasteiger partial charge in [0.1, 0.15) is 29.5 Å². The number of anilines is 1. The van der Waals surface area contributed by atoms with Crippen molar-refractivity contribution in [3.8, 4) is 0 Å². The minimum atomic E-state index is -5.30. The number of aliphatic hydroxyl groups excluding tert-OH is 2. The van der Waals surface area contributed by atoms with E-state index in [0.29, 0.717) is 0 Å². The second kappa shape index (κ2) is 7.51. The Morgan fingerprint density at radius 2 is 2.00 bits per heavy atom. The molecule has 1 aliphatic rings. The Balaban J connectivity index is 1.79. The van der Waals surface area contributed by atoms with Crippen LogP contribution in [-0.2, 0) is 22.7 Å². The Morgan fingerprint density at radius 1 is 1.32 bits per heavy atom. The van der Waals surface area contributed by atoms with Gasteiger partial charge in [-0.3, -0.25) is 9.09 Å². The minimum Gasteiger partial charge on any atom is -0.387 e. The molecule has 0 aliphatic carbocycles. The summed E-state index contributed by atoms with van der Waals surface area (Å²) in [6.07, 6.45) is -4.43. The van der Waals surface area contributed by atoms with Crippen LogP contribution in [0.5, 0.6) is 0 Å². The van der Waals surface area contributed by atoms with Crippen LogP contribution in [0.1, 0.15) is 6.23 Å². The third-order valence-electron chi connectivity index (χ3n) is 3.69. The molecule has 18 heteroatoms. The van der Waals surface area contributed by atoms with Crippen molar-refractivity contribution in [1.29, 1.82) is 0 Å². The molecule has 5 atom stereocenters. The first-order valence-electron chi connectivity index (χ1n) is 7.36. The average molecular weight is 459 g/mol. The van der Waals surface area contributed by atoms with E-state index in [1.165, 1.54) is 10.9 Å². The van der Waals surface area contributed by atoms with Gasteiger partial charge in [0, 0.05) is 0 Å². The Kier molecular flexibility index (Phi) is 5.75. The van der Waals surface area contributed by atoms with Crippen molar-refractivity contribution in [2.24, 2.45) is 0 Å². The molecule has 0 aromatic carbocycles. The lowest BCUT2D eigenvalue weighted by Crippen LogP contribution is -2.33. The summed E-state index contributed by atoms with van der Waals surface area (Å²) in [6, 6.07) is 0.